The molecule has 2 amide bonds. The molecular weight excluding hydrogens is 424 g/mol. The van der Waals surface area contributed by atoms with E-state index >= 15 is 0 Å². The van der Waals surface area contributed by atoms with Crippen molar-refractivity contribution in [2.45, 2.75) is 26.3 Å². The second-order valence-corrected chi connectivity index (χ2v) is 8.74. The van der Waals surface area contributed by atoms with Crippen molar-refractivity contribution in [1.82, 2.24) is 9.78 Å². The largest absolute Gasteiger partial charge is 0.326 e. The Bertz CT molecular complexity index is 1310. The van der Waals surface area contributed by atoms with Crippen molar-refractivity contribution in [3.63, 3.8) is 0 Å². The van der Waals surface area contributed by atoms with Gasteiger partial charge in [-0.25, -0.2) is 0 Å². The number of carbonyl (C=O) groups excluding carboxylic acids is 2. The van der Waals surface area contributed by atoms with Crippen LogP contribution in [0.1, 0.15) is 34.3 Å². The monoisotopic (exact) mass is 450 g/mol. The molecule has 1 aromatic heterocycles. The van der Waals surface area contributed by atoms with Crippen LogP contribution in [0.2, 0.25) is 0 Å². The van der Waals surface area contributed by atoms with Crippen LogP contribution < -0.4 is 10.6 Å². The Morgan fingerprint density at radius 1 is 0.882 bits per heavy atom. The van der Waals surface area contributed by atoms with Gasteiger partial charge in [0.2, 0.25) is 5.91 Å². The van der Waals surface area contributed by atoms with Gasteiger partial charge in [0.25, 0.3) is 5.91 Å². The maximum Gasteiger partial charge on any atom is 0.259 e. The molecule has 3 aromatic carbocycles. The van der Waals surface area contributed by atoms with E-state index < -0.39 is 0 Å². The van der Waals surface area contributed by atoms with Crippen LogP contribution >= 0.6 is 0 Å². The van der Waals surface area contributed by atoms with Gasteiger partial charge in [0.1, 0.15) is 5.69 Å². The first-order valence-corrected chi connectivity index (χ1v) is 11.5. The van der Waals surface area contributed by atoms with Crippen molar-refractivity contribution in [2.24, 2.45) is 5.92 Å². The average molecular weight is 451 g/mol. The second-order valence-electron chi connectivity index (χ2n) is 8.74. The number of benzene rings is 3. The maximum absolute atomic E-state index is 13.3. The Kier molecular flexibility index (Phi) is 5.95. The van der Waals surface area contributed by atoms with Gasteiger partial charge in [-0.15, -0.1) is 0 Å². The molecule has 170 valence electrons. The van der Waals surface area contributed by atoms with Gasteiger partial charge in [-0.1, -0.05) is 60.2 Å². The first-order chi connectivity index (χ1) is 16.5. The molecule has 5 rings (SSSR count). The lowest BCUT2D eigenvalue weighted by atomic mass is 10.1. The molecule has 1 aliphatic rings. The summed E-state index contributed by atoms with van der Waals surface area (Å²) in [4.78, 5) is 25.2. The smallest absolute Gasteiger partial charge is 0.259 e. The lowest BCUT2D eigenvalue weighted by Crippen LogP contribution is -2.14. The molecule has 0 radical (unpaired) electrons. The summed E-state index contributed by atoms with van der Waals surface area (Å²) in [5, 5.41) is 10.6. The zero-order valence-corrected chi connectivity index (χ0v) is 19.0. The molecule has 0 bridgehead atoms. The highest BCUT2D eigenvalue weighted by Gasteiger charge is 2.29. The Balaban J connectivity index is 1.37. The molecule has 0 unspecified atom stereocenters. The Morgan fingerprint density at radius 2 is 1.53 bits per heavy atom. The van der Waals surface area contributed by atoms with E-state index in [2.05, 4.69) is 10.6 Å². The first-order valence-electron chi connectivity index (χ1n) is 11.5. The molecule has 1 fully saturated rings. The molecule has 6 nitrogen and oxygen atoms in total. The van der Waals surface area contributed by atoms with Gasteiger partial charge in [-0.3, -0.25) is 14.3 Å². The van der Waals surface area contributed by atoms with Gasteiger partial charge >= 0.3 is 0 Å². The predicted molar refractivity (Wildman–Crippen MR) is 134 cm³/mol. The van der Waals surface area contributed by atoms with Crippen LogP contribution in [-0.4, -0.2) is 21.6 Å². The van der Waals surface area contributed by atoms with E-state index in [0.717, 1.165) is 35.2 Å². The highest BCUT2D eigenvalue weighted by atomic mass is 16.2. The number of anilines is 2. The van der Waals surface area contributed by atoms with E-state index in [0.29, 0.717) is 23.5 Å². The minimum Gasteiger partial charge on any atom is -0.326 e. The molecule has 0 atom stereocenters. The lowest BCUT2D eigenvalue weighted by molar-refractivity contribution is -0.117. The molecule has 2 N–H and O–H groups in total. The van der Waals surface area contributed by atoms with E-state index in [-0.39, 0.29) is 17.7 Å². The van der Waals surface area contributed by atoms with E-state index in [1.54, 1.807) is 35.1 Å². The summed E-state index contributed by atoms with van der Waals surface area (Å²) in [5.41, 5.74) is 5.67. The lowest BCUT2D eigenvalue weighted by Gasteiger charge is -2.08. The highest BCUT2D eigenvalue weighted by Crippen LogP contribution is 2.30. The Morgan fingerprint density at radius 3 is 2.18 bits per heavy atom. The molecule has 1 saturated carbocycles. The normalized spacial score (nSPS) is 12.9. The number of nitrogens with zero attached hydrogens (tertiary/aromatic N) is 2. The summed E-state index contributed by atoms with van der Waals surface area (Å²) in [5.74, 6) is -0.0259. The zero-order chi connectivity index (χ0) is 23.5. The van der Waals surface area contributed by atoms with E-state index in [1.807, 2.05) is 61.5 Å². The summed E-state index contributed by atoms with van der Waals surface area (Å²) in [7, 11) is 0. The number of rotatable bonds is 7. The van der Waals surface area contributed by atoms with E-state index in [9.17, 15) is 9.59 Å². The minimum atomic E-state index is -0.232. The summed E-state index contributed by atoms with van der Waals surface area (Å²) in [6, 6.07) is 25.2. The summed E-state index contributed by atoms with van der Waals surface area (Å²) >= 11 is 0. The van der Waals surface area contributed by atoms with Crippen molar-refractivity contribution < 1.29 is 9.59 Å². The maximum atomic E-state index is 13.3. The van der Waals surface area contributed by atoms with E-state index in [4.69, 9.17) is 5.10 Å². The second kappa shape index (κ2) is 9.35. The molecular formula is C28H26N4O2. The number of hydrogen-bond donors (Lipinski definition) is 2. The van der Waals surface area contributed by atoms with Crippen molar-refractivity contribution in [1.29, 1.82) is 0 Å². The van der Waals surface area contributed by atoms with Crippen molar-refractivity contribution in [3.05, 3.63) is 102 Å². The van der Waals surface area contributed by atoms with Crippen LogP contribution in [0.25, 0.3) is 11.3 Å². The molecule has 34 heavy (non-hydrogen) atoms. The standard InChI is InChI=1S/C28H26N4O2/c1-19-7-9-21(10-8-19)26-25(18-32(31-26)17-20-5-3-2-4-6-20)28(34)30-24-15-13-23(14-16-24)29-27(33)22-11-12-22/h2-10,13-16,18,22H,11-12,17H2,1H3,(H,29,33)(H,30,34). The van der Waals surface area contributed by atoms with Crippen LogP contribution in [-0.2, 0) is 11.3 Å². The minimum absolute atomic E-state index is 0.0605. The number of hydrogen-bond acceptors (Lipinski definition) is 3. The fourth-order valence-corrected chi connectivity index (χ4v) is 3.79. The third-order valence-corrected chi connectivity index (χ3v) is 5.88. The van der Waals surface area contributed by atoms with Gasteiger partial charge < -0.3 is 10.6 Å². The number of aromatic nitrogens is 2. The zero-order valence-electron chi connectivity index (χ0n) is 19.0. The van der Waals surface area contributed by atoms with Crippen LogP contribution in [0, 0.1) is 12.8 Å². The van der Waals surface area contributed by atoms with Crippen LogP contribution in [0.5, 0.6) is 0 Å². The molecule has 0 saturated heterocycles. The summed E-state index contributed by atoms with van der Waals surface area (Å²) in [6.45, 7) is 2.60. The van der Waals surface area contributed by atoms with Crippen LogP contribution in [0.4, 0.5) is 11.4 Å². The van der Waals surface area contributed by atoms with Gasteiger partial charge in [0, 0.05) is 29.1 Å². The Hall–Kier alpha value is -4.19. The Labute approximate surface area is 198 Å². The van der Waals surface area contributed by atoms with E-state index in [1.165, 1.54) is 0 Å². The van der Waals surface area contributed by atoms with Gasteiger partial charge in [0.15, 0.2) is 0 Å². The van der Waals surface area contributed by atoms with Gasteiger partial charge in [-0.05, 0) is 49.6 Å². The van der Waals surface area contributed by atoms with Gasteiger partial charge in [0.05, 0.1) is 12.1 Å². The van der Waals surface area contributed by atoms with Crippen LogP contribution in [0.15, 0.2) is 85.1 Å². The number of aryl methyl sites for hydroxylation is 1. The van der Waals surface area contributed by atoms with Gasteiger partial charge in [-0.2, -0.15) is 5.10 Å². The van der Waals surface area contributed by atoms with Crippen molar-refractivity contribution in [3.8, 4) is 11.3 Å². The molecule has 0 spiro atoms. The molecule has 1 aliphatic carbocycles. The van der Waals surface area contributed by atoms with Crippen molar-refractivity contribution >= 4 is 23.2 Å². The number of carbonyl (C=O) groups is 2. The summed E-state index contributed by atoms with van der Waals surface area (Å²) < 4.78 is 1.80. The molecule has 1 heterocycles. The van der Waals surface area contributed by atoms with Crippen LogP contribution in [0.3, 0.4) is 0 Å². The highest BCUT2D eigenvalue weighted by molar-refractivity contribution is 6.08. The molecule has 0 aliphatic heterocycles. The number of nitrogens with one attached hydrogen (secondary N) is 2. The van der Waals surface area contributed by atoms with Crippen molar-refractivity contribution in [2.75, 3.05) is 10.6 Å². The fourth-order valence-electron chi connectivity index (χ4n) is 3.79. The third-order valence-electron chi connectivity index (χ3n) is 5.88. The SMILES string of the molecule is Cc1ccc(-c2nn(Cc3ccccc3)cc2C(=O)Nc2ccc(NC(=O)C3CC3)cc2)cc1. The average Bonchev–Trinajstić information content (AvgIpc) is 3.62. The summed E-state index contributed by atoms with van der Waals surface area (Å²) in [6.07, 6.45) is 3.71. The number of amides is 2. The third kappa shape index (κ3) is 5.07. The first kappa shape index (κ1) is 21.6. The predicted octanol–water partition coefficient (Wildman–Crippen LogP) is 5.51. The fraction of sp³-hybridized carbons (Fsp3) is 0.179. The quantitative estimate of drug-likeness (QED) is 0.390. The molecule has 6 heteroatoms. The topological polar surface area (TPSA) is 76.0 Å². The molecule has 4 aromatic rings.